The van der Waals surface area contributed by atoms with Gasteiger partial charge in [-0.25, -0.2) is 0 Å². The first-order valence-electron chi connectivity index (χ1n) is 8.11. The number of aromatic nitrogens is 1. The maximum atomic E-state index is 11.7. The lowest BCUT2D eigenvalue weighted by Crippen LogP contribution is -2.39. The number of likely N-dealkylation sites (tertiary alicyclic amines) is 1. The number of thiophene rings is 1. The first-order valence-corrected chi connectivity index (χ1v) is 8.99. The summed E-state index contributed by atoms with van der Waals surface area (Å²) in [7, 11) is 0. The maximum Gasteiger partial charge on any atom is 0.320 e. The van der Waals surface area contributed by atoms with Crippen molar-refractivity contribution < 1.29 is 9.90 Å². The average molecular weight is 338 g/mol. The van der Waals surface area contributed by atoms with Crippen molar-refractivity contribution in [3.05, 3.63) is 65.3 Å². The smallest absolute Gasteiger partial charge is 0.320 e. The van der Waals surface area contributed by atoms with Gasteiger partial charge in [-0.3, -0.25) is 14.7 Å². The number of hydrogen-bond donors (Lipinski definition) is 1. The molecule has 1 N–H and O–H groups in total. The summed E-state index contributed by atoms with van der Waals surface area (Å²) < 4.78 is 1.22. The third-order valence-electron chi connectivity index (χ3n) is 4.68. The molecule has 2 aromatic heterocycles. The van der Waals surface area contributed by atoms with Gasteiger partial charge >= 0.3 is 5.97 Å². The molecule has 2 unspecified atom stereocenters. The van der Waals surface area contributed by atoms with E-state index in [4.69, 9.17) is 0 Å². The summed E-state index contributed by atoms with van der Waals surface area (Å²) in [5.41, 5.74) is 2.07. The van der Waals surface area contributed by atoms with E-state index in [1.807, 2.05) is 30.3 Å². The Labute approximate surface area is 144 Å². The monoisotopic (exact) mass is 338 g/mol. The van der Waals surface area contributed by atoms with Crippen molar-refractivity contribution >= 4 is 27.4 Å². The molecule has 2 atom stereocenters. The Hall–Kier alpha value is -2.24. The molecule has 122 valence electrons. The van der Waals surface area contributed by atoms with E-state index in [9.17, 15) is 9.90 Å². The highest BCUT2D eigenvalue weighted by atomic mass is 32.1. The van der Waals surface area contributed by atoms with Gasteiger partial charge in [0, 0.05) is 17.4 Å². The summed E-state index contributed by atoms with van der Waals surface area (Å²) in [4.78, 5) is 18.4. The van der Waals surface area contributed by atoms with Gasteiger partial charge in [0.1, 0.15) is 6.04 Å². The Balaban J connectivity index is 1.86. The molecule has 4 rings (SSSR count). The minimum atomic E-state index is -0.743. The number of rotatable bonds is 4. The Kier molecular flexibility index (Phi) is 4.04. The summed E-state index contributed by atoms with van der Waals surface area (Å²) in [5.74, 6) is -0.743. The summed E-state index contributed by atoms with van der Waals surface area (Å²) >= 11 is 1.70. The number of carboxylic acid groups (broad SMARTS) is 1. The normalized spacial score (nSPS) is 19.6. The zero-order valence-corrected chi connectivity index (χ0v) is 13.9. The quantitative estimate of drug-likeness (QED) is 0.783. The number of aliphatic carboxylic acids is 1. The lowest BCUT2D eigenvalue weighted by Gasteiger charge is -2.30. The second-order valence-electron chi connectivity index (χ2n) is 6.08. The van der Waals surface area contributed by atoms with E-state index < -0.39 is 12.0 Å². The van der Waals surface area contributed by atoms with Crippen molar-refractivity contribution in [2.75, 3.05) is 6.54 Å². The van der Waals surface area contributed by atoms with Gasteiger partial charge in [0.15, 0.2) is 0 Å². The number of pyridine rings is 1. The molecule has 1 aromatic carbocycles. The van der Waals surface area contributed by atoms with E-state index in [0.29, 0.717) is 6.42 Å². The highest BCUT2D eigenvalue weighted by Gasteiger charge is 2.38. The van der Waals surface area contributed by atoms with Crippen LogP contribution in [0.4, 0.5) is 0 Å². The summed E-state index contributed by atoms with van der Waals surface area (Å²) in [5, 5.41) is 13.0. The fourth-order valence-corrected chi connectivity index (χ4v) is 4.60. The molecule has 5 heteroatoms. The van der Waals surface area contributed by atoms with E-state index in [1.165, 1.54) is 10.1 Å². The van der Waals surface area contributed by atoms with E-state index >= 15 is 0 Å². The molecular weight excluding hydrogens is 320 g/mol. The predicted octanol–water partition coefficient (Wildman–Crippen LogP) is 3.93. The van der Waals surface area contributed by atoms with Crippen molar-refractivity contribution in [1.29, 1.82) is 0 Å². The highest BCUT2D eigenvalue weighted by Crippen LogP contribution is 2.39. The second-order valence-corrected chi connectivity index (χ2v) is 6.99. The zero-order chi connectivity index (χ0) is 16.5. The second kappa shape index (κ2) is 6.34. The molecule has 0 spiro atoms. The summed E-state index contributed by atoms with van der Waals surface area (Å²) in [6, 6.07) is 13.6. The minimum absolute atomic E-state index is 0.119. The van der Waals surface area contributed by atoms with Crippen LogP contribution in [-0.2, 0) is 4.79 Å². The van der Waals surface area contributed by atoms with E-state index in [0.717, 1.165) is 24.2 Å². The van der Waals surface area contributed by atoms with Crippen molar-refractivity contribution in [1.82, 2.24) is 9.88 Å². The van der Waals surface area contributed by atoms with Crippen LogP contribution in [0.5, 0.6) is 0 Å². The van der Waals surface area contributed by atoms with Gasteiger partial charge in [-0.2, -0.15) is 0 Å². The molecule has 0 amide bonds. The van der Waals surface area contributed by atoms with E-state index in [-0.39, 0.29) is 6.04 Å². The van der Waals surface area contributed by atoms with Crippen molar-refractivity contribution in [3.8, 4) is 0 Å². The van der Waals surface area contributed by atoms with Crippen LogP contribution < -0.4 is 0 Å². The van der Waals surface area contributed by atoms with Crippen molar-refractivity contribution in [3.63, 3.8) is 0 Å². The van der Waals surface area contributed by atoms with Gasteiger partial charge in [-0.15, -0.1) is 11.3 Å². The van der Waals surface area contributed by atoms with Crippen LogP contribution in [0.1, 0.15) is 30.1 Å². The van der Waals surface area contributed by atoms with Crippen LogP contribution >= 0.6 is 11.3 Å². The SMILES string of the molecule is O=C(O)C1CCCN1C(c1ccccn1)c1csc2ccccc12. The number of benzene rings is 1. The molecule has 0 bridgehead atoms. The van der Waals surface area contributed by atoms with Crippen molar-refractivity contribution in [2.45, 2.75) is 24.9 Å². The van der Waals surface area contributed by atoms with Crippen LogP contribution in [-0.4, -0.2) is 33.5 Å². The molecule has 1 saturated heterocycles. The third kappa shape index (κ3) is 2.60. The molecular formula is C19H18N2O2S. The molecule has 1 aliphatic rings. The Morgan fingerprint density at radius 1 is 1.25 bits per heavy atom. The lowest BCUT2D eigenvalue weighted by molar-refractivity contribution is -0.142. The summed E-state index contributed by atoms with van der Waals surface area (Å²) in [6.07, 6.45) is 3.38. The topological polar surface area (TPSA) is 53.4 Å². The number of hydrogen-bond acceptors (Lipinski definition) is 4. The zero-order valence-electron chi connectivity index (χ0n) is 13.1. The molecule has 1 fully saturated rings. The molecule has 24 heavy (non-hydrogen) atoms. The van der Waals surface area contributed by atoms with Gasteiger partial charge in [0.05, 0.1) is 11.7 Å². The standard InChI is InChI=1S/C19H18N2O2S/c22-19(23)16-8-5-11-21(16)18(15-7-3-4-10-20-15)14-12-24-17-9-2-1-6-13(14)17/h1-4,6-7,9-10,12,16,18H,5,8,11H2,(H,22,23). The van der Waals surface area contributed by atoms with Crippen LogP contribution in [0, 0.1) is 0 Å². The van der Waals surface area contributed by atoms with Crippen LogP contribution in [0.15, 0.2) is 54.0 Å². The fraction of sp³-hybridized carbons (Fsp3) is 0.263. The molecule has 0 aliphatic carbocycles. The first kappa shape index (κ1) is 15.3. The molecule has 4 nitrogen and oxygen atoms in total. The van der Waals surface area contributed by atoms with Gasteiger partial charge in [0.2, 0.25) is 0 Å². The summed E-state index contributed by atoms with van der Waals surface area (Å²) in [6.45, 7) is 0.780. The van der Waals surface area contributed by atoms with Crippen LogP contribution in [0.2, 0.25) is 0 Å². The van der Waals surface area contributed by atoms with Gasteiger partial charge in [-0.1, -0.05) is 24.3 Å². The van der Waals surface area contributed by atoms with Crippen LogP contribution in [0.3, 0.4) is 0 Å². The number of nitrogens with zero attached hydrogens (tertiary/aromatic N) is 2. The largest absolute Gasteiger partial charge is 0.480 e. The molecule has 0 radical (unpaired) electrons. The Bertz CT molecular complexity index is 862. The predicted molar refractivity (Wildman–Crippen MR) is 95.3 cm³/mol. The van der Waals surface area contributed by atoms with Gasteiger partial charge < -0.3 is 5.11 Å². The van der Waals surface area contributed by atoms with Gasteiger partial charge in [-0.05, 0) is 47.4 Å². The first-order chi connectivity index (χ1) is 11.8. The van der Waals surface area contributed by atoms with Crippen molar-refractivity contribution in [2.24, 2.45) is 0 Å². The van der Waals surface area contributed by atoms with Gasteiger partial charge in [0.25, 0.3) is 0 Å². The Morgan fingerprint density at radius 2 is 2.08 bits per heavy atom. The fourth-order valence-electron chi connectivity index (χ4n) is 3.62. The van der Waals surface area contributed by atoms with E-state index in [2.05, 4.69) is 27.4 Å². The lowest BCUT2D eigenvalue weighted by atomic mass is 9.99. The Morgan fingerprint density at radius 3 is 2.88 bits per heavy atom. The molecule has 0 saturated carbocycles. The molecule has 1 aliphatic heterocycles. The number of carbonyl (C=O) groups is 1. The maximum absolute atomic E-state index is 11.7. The highest BCUT2D eigenvalue weighted by molar-refractivity contribution is 7.17. The third-order valence-corrected chi connectivity index (χ3v) is 5.67. The number of carboxylic acids is 1. The molecule has 3 aromatic rings. The van der Waals surface area contributed by atoms with E-state index in [1.54, 1.807) is 17.5 Å². The molecule has 3 heterocycles. The minimum Gasteiger partial charge on any atom is -0.480 e. The average Bonchev–Trinajstić information content (AvgIpc) is 3.24. The van der Waals surface area contributed by atoms with Crippen LogP contribution in [0.25, 0.3) is 10.1 Å². The number of fused-ring (bicyclic) bond motifs is 1.